The second-order valence-electron chi connectivity index (χ2n) is 3.33. The maximum absolute atomic E-state index is 12.6. The van der Waals surface area contributed by atoms with Gasteiger partial charge < -0.3 is 4.74 Å². The molecule has 0 aromatic rings. The molecular formula is C8H10F2O5S. The van der Waals surface area contributed by atoms with Gasteiger partial charge in [-0.15, -0.1) is 0 Å². The minimum Gasteiger partial charge on any atom is -0.457 e. The molecule has 0 saturated carbocycles. The van der Waals surface area contributed by atoms with Crippen LogP contribution in [-0.4, -0.2) is 30.8 Å². The third-order valence-electron chi connectivity index (χ3n) is 2.08. The van der Waals surface area contributed by atoms with Crippen LogP contribution in [0.15, 0.2) is 12.2 Å². The van der Waals surface area contributed by atoms with Gasteiger partial charge in [0.2, 0.25) is 0 Å². The number of allylic oxidation sites excluding steroid dienone is 1. The van der Waals surface area contributed by atoms with E-state index >= 15 is 0 Å². The van der Waals surface area contributed by atoms with Gasteiger partial charge in [0.1, 0.15) is 0 Å². The van der Waals surface area contributed by atoms with Crippen LogP contribution in [0, 0.1) is 5.92 Å². The molecule has 0 radical (unpaired) electrons. The van der Waals surface area contributed by atoms with Crippen molar-refractivity contribution in [2.24, 2.45) is 5.92 Å². The lowest BCUT2D eigenvalue weighted by molar-refractivity contribution is -0.152. The van der Waals surface area contributed by atoms with Gasteiger partial charge in [0, 0.05) is 0 Å². The van der Waals surface area contributed by atoms with E-state index in [9.17, 15) is 22.0 Å². The Kier molecular flexibility index (Phi) is 3.64. The zero-order valence-electron chi connectivity index (χ0n) is 8.10. The third kappa shape index (κ3) is 2.99. The Hall–Kier alpha value is -1.02. The topological polar surface area (TPSA) is 80.7 Å². The molecule has 92 valence electrons. The van der Waals surface area contributed by atoms with Gasteiger partial charge in [-0.25, -0.2) is 0 Å². The highest BCUT2D eigenvalue weighted by molar-refractivity contribution is 7.86. The average molecular weight is 256 g/mol. The maximum atomic E-state index is 12.6. The van der Waals surface area contributed by atoms with Crippen LogP contribution in [0.4, 0.5) is 8.78 Å². The number of alkyl halides is 2. The van der Waals surface area contributed by atoms with Crippen LogP contribution in [0.25, 0.3) is 0 Å². The van der Waals surface area contributed by atoms with Crippen LogP contribution in [-0.2, 0) is 19.6 Å². The Labute approximate surface area is 90.8 Å². The summed E-state index contributed by atoms with van der Waals surface area (Å²) < 4.78 is 57.9. The average Bonchev–Trinajstić information content (AvgIpc) is 2.65. The number of esters is 1. The molecule has 5 nitrogen and oxygen atoms in total. The Morgan fingerprint density at radius 3 is 2.62 bits per heavy atom. The van der Waals surface area contributed by atoms with Gasteiger partial charge in [-0.2, -0.15) is 17.2 Å². The first-order chi connectivity index (χ1) is 7.24. The van der Waals surface area contributed by atoms with E-state index in [1.807, 2.05) is 0 Å². The molecule has 0 fully saturated rings. The van der Waals surface area contributed by atoms with Crippen LogP contribution < -0.4 is 0 Å². The number of carbonyl (C=O) groups is 1. The summed E-state index contributed by atoms with van der Waals surface area (Å²) >= 11 is 0. The largest absolute Gasteiger partial charge is 0.457 e. The van der Waals surface area contributed by atoms with Crippen molar-refractivity contribution < 1.29 is 31.3 Å². The highest BCUT2D eigenvalue weighted by atomic mass is 32.2. The van der Waals surface area contributed by atoms with Gasteiger partial charge in [-0.05, 0) is 12.8 Å². The van der Waals surface area contributed by atoms with Gasteiger partial charge in [-0.3, -0.25) is 9.35 Å². The number of carbonyl (C=O) groups excluding carboxylic acids is 1. The first-order valence-corrected chi connectivity index (χ1v) is 5.86. The van der Waals surface area contributed by atoms with E-state index in [4.69, 9.17) is 4.55 Å². The summed E-state index contributed by atoms with van der Waals surface area (Å²) in [4.78, 5) is 11.1. The molecule has 1 aliphatic carbocycles. The molecule has 8 heteroatoms. The second kappa shape index (κ2) is 4.46. The van der Waals surface area contributed by atoms with Crippen molar-refractivity contribution in [1.29, 1.82) is 0 Å². The van der Waals surface area contributed by atoms with Crippen LogP contribution in [0.2, 0.25) is 0 Å². The summed E-state index contributed by atoms with van der Waals surface area (Å²) in [6, 6.07) is 0. The van der Waals surface area contributed by atoms with Gasteiger partial charge >= 0.3 is 21.3 Å². The van der Waals surface area contributed by atoms with Crippen LogP contribution >= 0.6 is 0 Å². The molecule has 1 atom stereocenters. The van der Waals surface area contributed by atoms with Crippen LogP contribution in [0.3, 0.4) is 0 Å². The summed E-state index contributed by atoms with van der Waals surface area (Å²) in [5.74, 6) is -1.53. The van der Waals surface area contributed by atoms with E-state index in [-0.39, 0.29) is 0 Å². The molecule has 0 bridgehead atoms. The second-order valence-corrected chi connectivity index (χ2v) is 4.88. The van der Waals surface area contributed by atoms with Gasteiger partial charge in [0.15, 0.2) is 6.61 Å². The lowest BCUT2D eigenvalue weighted by Crippen LogP contribution is -2.35. The number of ether oxygens (including phenoxy) is 1. The van der Waals surface area contributed by atoms with Crippen molar-refractivity contribution in [1.82, 2.24) is 0 Å². The van der Waals surface area contributed by atoms with Crippen molar-refractivity contribution in [2.75, 3.05) is 6.61 Å². The lowest BCUT2D eigenvalue weighted by atomic mass is 10.1. The summed E-state index contributed by atoms with van der Waals surface area (Å²) in [7, 11) is -5.55. The molecule has 0 aliphatic heterocycles. The third-order valence-corrected chi connectivity index (χ3v) is 2.95. The Morgan fingerprint density at radius 1 is 1.56 bits per heavy atom. The van der Waals surface area contributed by atoms with E-state index < -0.39 is 33.9 Å². The van der Waals surface area contributed by atoms with E-state index in [0.29, 0.717) is 12.8 Å². The van der Waals surface area contributed by atoms with Crippen molar-refractivity contribution in [2.45, 2.75) is 18.1 Å². The molecule has 1 rings (SSSR count). The van der Waals surface area contributed by atoms with Crippen molar-refractivity contribution in [3.63, 3.8) is 0 Å². The highest BCUT2D eigenvalue weighted by Crippen LogP contribution is 2.23. The predicted molar refractivity (Wildman–Crippen MR) is 49.3 cm³/mol. The molecule has 16 heavy (non-hydrogen) atoms. The monoisotopic (exact) mass is 256 g/mol. The normalized spacial score (nSPS) is 21.1. The number of hydrogen-bond acceptors (Lipinski definition) is 4. The Bertz CT molecular complexity index is 401. The Balaban J connectivity index is 2.51. The zero-order chi connectivity index (χ0) is 12.4. The van der Waals surface area contributed by atoms with E-state index in [1.54, 1.807) is 6.08 Å². The SMILES string of the molecule is O=C(OCC(F)(F)S(=O)(=O)O)C1C=CCC1. The minimum atomic E-state index is -5.55. The fourth-order valence-electron chi connectivity index (χ4n) is 1.17. The summed E-state index contributed by atoms with van der Waals surface area (Å²) in [5.41, 5.74) is 0. The van der Waals surface area contributed by atoms with E-state index in [1.165, 1.54) is 6.08 Å². The van der Waals surface area contributed by atoms with Crippen LogP contribution in [0.1, 0.15) is 12.8 Å². The molecule has 0 amide bonds. The van der Waals surface area contributed by atoms with Crippen molar-refractivity contribution in [3.05, 3.63) is 12.2 Å². The predicted octanol–water partition coefficient (Wildman–Crippen LogP) is 0.976. The van der Waals surface area contributed by atoms with Crippen LogP contribution in [0.5, 0.6) is 0 Å². The van der Waals surface area contributed by atoms with Gasteiger partial charge in [0.05, 0.1) is 5.92 Å². The summed E-state index contributed by atoms with van der Waals surface area (Å²) in [6.45, 7) is -1.67. The highest BCUT2D eigenvalue weighted by Gasteiger charge is 2.45. The number of halogens is 2. The first-order valence-electron chi connectivity index (χ1n) is 4.42. The fraction of sp³-hybridized carbons (Fsp3) is 0.625. The van der Waals surface area contributed by atoms with E-state index in [0.717, 1.165) is 0 Å². The standard InChI is InChI=1S/C8H10F2O5S/c9-8(10,16(12,13)14)5-15-7(11)6-3-1-2-4-6/h1,3,6H,2,4-5H2,(H,12,13,14). The van der Waals surface area contributed by atoms with E-state index in [2.05, 4.69) is 4.74 Å². The minimum absolute atomic E-state index is 0.455. The smallest absolute Gasteiger partial charge is 0.402 e. The molecule has 0 saturated heterocycles. The lowest BCUT2D eigenvalue weighted by Gasteiger charge is -2.14. The van der Waals surface area contributed by atoms with Crippen molar-refractivity contribution >= 4 is 16.1 Å². The molecule has 0 aromatic carbocycles. The molecule has 1 N–H and O–H groups in total. The molecule has 0 heterocycles. The van der Waals surface area contributed by atoms with Gasteiger partial charge in [-0.1, -0.05) is 12.2 Å². The molecule has 1 aliphatic rings. The summed E-state index contributed by atoms with van der Waals surface area (Å²) in [6.07, 6.45) is 4.31. The quantitative estimate of drug-likeness (QED) is 0.460. The zero-order valence-corrected chi connectivity index (χ0v) is 8.91. The first kappa shape index (κ1) is 13.0. The summed E-state index contributed by atoms with van der Waals surface area (Å²) in [5, 5.41) is -4.47. The molecule has 0 spiro atoms. The Morgan fingerprint density at radius 2 is 2.19 bits per heavy atom. The van der Waals surface area contributed by atoms with Gasteiger partial charge in [0.25, 0.3) is 0 Å². The maximum Gasteiger partial charge on any atom is 0.402 e. The number of rotatable bonds is 4. The fourth-order valence-corrected chi connectivity index (χ4v) is 1.37. The molecule has 0 aromatic heterocycles. The molecular weight excluding hydrogens is 246 g/mol. The van der Waals surface area contributed by atoms with Crippen molar-refractivity contribution in [3.8, 4) is 0 Å². The number of hydrogen-bond donors (Lipinski definition) is 1. The molecule has 1 unspecified atom stereocenters.